The molecule has 0 fully saturated rings. The Kier molecular flexibility index (Phi) is 30.4. The minimum Gasteiger partial charge on any atom is -0.462 e. The van der Waals surface area contributed by atoms with Gasteiger partial charge in [0.15, 0.2) is 6.10 Å². The highest BCUT2D eigenvalue weighted by Crippen LogP contribution is 2.14. The first kappa shape index (κ1) is 45.7. The number of hydrogen-bond donors (Lipinski definition) is 1. The van der Waals surface area contributed by atoms with Crippen molar-refractivity contribution in [1.29, 1.82) is 0 Å². The number of rotatable bonds is 32. The van der Waals surface area contributed by atoms with Crippen LogP contribution in [0.25, 0.3) is 0 Å². The Labute approximate surface area is 293 Å². The number of carbonyl (C=O) groups excluding carboxylic acids is 4. The second-order valence-corrected chi connectivity index (χ2v) is 14.2. The lowest BCUT2D eigenvalue weighted by Crippen LogP contribution is -2.34. The van der Waals surface area contributed by atoms with Gasteiger partial charge in [-0.2, -0.15) is 0 Å². The summed E-state index contributed by atoms with van der Waals surface area (Å²) < 4.78 is 21.5. The summed E-state index contributed by atoms with van der Waals surface area (Å²) in [6.45, 7) is 9.40. The van der Waals surface area contributed by atoms with E-state index >= 15 is 0 Å². The number of esters is 3. The molecule has 0 saturated carbocycles. The van der Waals surface area contributed by atoms with Crippen molar-refractivity contribution in [3.63, 3.8) is 0 Å². The lowest BCUT2D eigenvalue weighted by molar-refractivity contribution is -0.166. The first-order valence-corrected chi connectivity index (χ1v) is 19.5. The fourth-order valence-corrected chi connectivity index (χ4v) is 5.32. The summed E-state index contributed by atoms with van der Waals surface area (Å²) in [5, 5.41) is 2.52. The molecule has 0 aliphatic rings. The van der Waals surface area contributed by atoms with E-state index in [1.165, 1.54) is 103 Å². The molecule has 1 atom stereocenters. The molecule has 9 heteroatoms. The van der Waals surface area contributed by atoms with E-state index < -0.39 is 23.8 Å². The summed E-state index contributed by atoms with van der Waals surface area (Å²) in [6.07, 6.45) is 25.3. The molecule has 1 amide bonds. The van der Waals surface area contributed by atoms with E-state index in [-0.39, 0.29) is 44.5 Å². The molecule has 0 radical (unpaired) electrons. The van der Waals surface area contributed by atoms with Crippen LogP contribution in [-0.4, -0.2) is 55.5 Å². The number of amides is 1. The van der Waals surface area contributed by atoms with E-state index in [0.29, 0.717) is 6.42 Å². The zero-order chi connectivity index (χ0) is 35.7. The van der Waals surface area contributed by atoms with Gasteiger partial charge >= 0.3 is 24.0 Å². The molecule has 0 aliphatic carbocycles. The molecular weight excluding hydrogens is 610 g/mol. The molecule has 282 valence electrons. The van der Waals surface area contributed by atoms with Crippen molar-refractivity contribution >= 4 is 24.0 Å². The van der Waals surface area contributed by atoms with Crippen molar-refractivity contribution < 1.29 is 38.1 Å². The van der Waals surface area contributed by atoms with Gasteiger partial charge in [0.2, 0.25) is 0 Å². The lowest BCUT2D eigenvalue weighted by Gasteiger charge is -2.20. The fourth-order valence-electron chi connectivity index (χ4n) is 5.32. The summed E-state index contributed by atoms with van der Waals surface area (Å²) in [5.41, 5.74) is -0.639. The second kappa shape index (κ2) is 31.9. The summed E-state index contributed by atoms with van der Waals surface area (Å²) in [4.78, 5) is 49.1. The van der Waals surface area contributed by atoms with E-state index in [1.807, 2.05) is 0 Å². The quantitative estimate of drug-likeness (QED) is 0.0423. The van der Waals surface area contributed by atoms with Crippen molar-refractivity contribution in [2.24, 2.45) is 0 Å². The smallest absolute Gasteiger partial charge is 0.407 e. The average molecular weight is 684 g/mol. The third-order valence-electron chi connectivity index (χ3n) is 8.12. The zero-order valence-corrected chi connectivity index (χ0v) is 31.6. The molecule has 0 spiro atoms. The van der Waals surface area contributed by atoms with Gasteiger partial charge in [0.25, 0.3) is 0 Å². The van der Waals surface area contributed by atoms with Crippen LogP contribution in [0.5, 0.6) is 0 Å². The fraction of sp³-hybridized carbons (Fsp3) is 0.897. The van der Waals surface area contributed by atoms with Gasteiger partial charge in [0.1, 0.15) is 18.8 Å². The SMILES string of the molecule is CCCCCCCCCCCCCC(=O)OCC(COC(=O)CCNC(=O)OC(C)(C)C)OC(=O)CCCCCCCCCCCCC. The van der Waals surface area contributed by atoms with Gasteiger partial charge in [-0.1, -0.05) is 142 Å². The molecule has 9 nitrogen and oxygen atoms in total. The van der Waals surface area contributed by atoms with Crippen LogP contribution in [0, 0.1) is 0 Å². The Bertz CT molecular complexity index is 810. The molecule has 0 aliphatic heterocycles. The summed E-state index contributed by atoms with van der Waals surface area (Å²) in [7, 11) is 0. The van der Waals surface area contributed by atoms with Crippen LogP contribution < -0.4 is 5.32 Å². The third kappa shape index (κ3) is 33.6. The van der Waals surface area contributed by atoms with Crippen molar-refractivity contribution in [3.05, 3.63) is 0 Å². The average Bonchev–Trinajstić information content (AvgIpc) is 3.02. The molecule has 0 aromatic carbocycles. The number of carbonyl (C=O) groups is 4. The van der Waals surface area contributed by atoms with Gasteiger partial charge in [-0.15, -0.1) is 0 Å². The van der Waals surface area contributed by atoms with Crippen LogP contribution in [0.2, 0.25) is 0 Å². The number of nitrogens with one attached hydrogen (secondary N) is 1. The van der Waals surface area contributed by atoms with E-state index in [0.717, 1.165) is 38.5 Å². The van der Waals surface area contributed by atoms with Gasteiger partial charge in [-0.05, 0) is 33.6 Å². The molecule has 0 bridgehead atoms. The topological polar surface area (TPSA) is 117 Å². The Hall–Kier alpha value is -2.32. The Balaban J connectivity index is 4.43. The minimum atomic E-state index is -0.880. The van der Waals surface area contributed by atoms with Crippen LogP contribution >= 0.6 is 0 Å². The first-order valence-electron chi connectivity index (χ1n) is 19.5. The Morgan fingerprint density at radius 2 is 0.854 bits per heavy atom. The number of unbranched alkanes of at least 4 members (excludes halogenated alkanes) is 20. The van der Waals surface area contributed by atoms with E-state index in [2.05, 4.69) is 19.2 Å². The predicted octanol–water partition coefficient (Wildman–Crippen LogP) is 10.3. The van der Waals surface area contributed by atoms with Crippen molar-refractivity contribution in [2.45, 2.75) is 207 Å². The first-order chi connectivity index (χ1) is 23.1. The maximum atomic E-state index is 12.6. The number of alkyl carbamates (subject to hydrolysis) is 1. The van der Waals surface area contributed by atoms with Crippen molar-refractivity contribution in [3.8, 4) is 0 Å². The molecule has 0 saturated heterocycles. The molecule has 0 heterocycles. The van der Waals surface area contributed by atoms with Crippen LogP contribution in [0.1, 0.15) is 195 Å². The van der Waals surface area contributed by atoms with E-state index in [1.54, 1.807) is 20.8 Å². The highest BCUT2D eigenvalue weighted by molar-refractivity contribution is 5.72. The molecule has 0 aromatic heterocycles. The second-order valence-electron chi connectivity index (χ2n) is 14.2. The molecule has 1 N–H and O–H groups in total. The lowest BCUT2D eigenvalue weighted by atomic mass is 10.1. The maximum absolute atomic E-state index is 12.6. The summed E-state index contributed by atoms with van der Waals surface area (Å²) in [6, 6.07) is 0. The molecule has 0 rings (SSSR count). The maximum Gasteiger partial charge on any atom is 0.407 e. The minimum absolute atomic E-state index is 0.0466. The monoisotopic (exact) mass is 684 g/mol. The van der Waals surface area contributed by atoms with Crippen molar-refractivity contribution in [2.75, 3.05) is 19.8 Å². The van der Waals surface area contributed by atoms with Gasteiger partial charge < -0.3 is 24.3 Å². The van der Waals surface area contributed by atoms with E-state index in [9.17, 15) is 19.2 Å². The normalized spacial score (nSPS) is 11.9. The zero-order valence-electron chi connectivity index (χ0n) is 31.6. The highest BCUT2D eigenvalue weighted by atomic mass is 16.6. The Morgan fingerprint density at radius 1 is 0.500 bits per heavy atom. The molecule has 48 heavy (non-hydrogen) atoms. The van der Waals surface area contributed by atoms with Crippen LogP contribution in [-0.2, 0) is 33.3 Å². The van der Waals surface area contributed by atoms with Crippen molar-refractivity contribution in [1.82, 2.24) is 5.32 Å². The number of hydrogen-bond acceptors (Lipinski definition) is 8. The standard InChI is InChI=1S/C39H73NO8/c1-6-8-10-12-14-16-18-20-22-24-26-28-35(41)45-32-34(33-46-36(42)30-31-40-38(44)48-39(3,4)5)47-37(43)29-27-25-23-21-19-17-15-13-11-9-7-2/h34H,6-33H2,1-5H3,(H,40,44). The highest BCUT2D eigenvalue weighted by Gasteiger charge is 2.20. The van der Waals surface area contributed by atoms with E-state index in [4.69, 9.17) is 18.9 Å². The molecular formula is C39H73NO8. The summed E-state index contributed by atoms with van der Waals surface area (Å²) >= 11 is 0. The van der Waals surface area contributed by atoms with Gasteiger partial charge in [-0.3, -0.25) is 14.4 Å². The molecule has 0 aromatic rings. The van der Waals surface area contributed by atoms with Gasteiger partial charge in [-0.25, -0.2) is 4.79 Å². The van der Waals surface area contributed by atoms with Gasteiger partial charge in [0, 0.05) is 19.4 Å². The third-order valence-corrected chi connectivity index (χ3v) is 8.12. The molecule has 1 unspecified atom stereocenters. The van der Waals surface area contributed by atoms with Crippen LogP contribution in [0.15, 0.2) is 0 Å². The Morgan fingerprint density at radius 3 is 1.25 bits per heavy atom. The van der Waals surface area contributed by atoms with Crippen LogP contribution in [0.4, 0.5) is 4.79 Å². The largest absolute Gasteiger partial charge is 0.462 e. The predicted molar refractivity (Wildman–Crippen MR) is 193 cm³/mol. The van der Waals surface area contributed by atoms with Crippen LogP contribution in [0.3, 0.4) is 0 Å². The van der Waals surface area contributed by atoms with Gasteiger partial charge in [0.05, 0.1) is 6.42 Å². The number of ether oxygens (including phenoxy) is 4. The summed E-state index contributed by atoms with van der Waals surface area (Å²) in [5.74, 6) is -1.30.